The summed E-state index contributed by atoms with van der Waals surface area (Å²) in [7, 11) is 0. The van der Waals surface area contributed by atoms with E-state index in [-0.39, 0.29) is 27.3 Å². The first-order valence-corrected chi connectivity index (χ1v) is 1.33. The van der Waals surface area contributed by atoms with Crippen molar-refractivity contribution >= 4 is 27.3 Å². The van der Waals surface area contributed by atoms with Gasteiger partial charge in [-0.1, -0.05) is 6.58 Å². The van der Waals surface area contributed by atoms with Crippen molar-refractivity contribution in [1.82, 2.24) is 0 Å². The fraction of sp³-hybridized carbons (Fsp3) is 0.250. The van der Waals surface area contributed by atoms with Crippen LogP contribution in [0.4, 0.5) is 0 Å². The normalized spacial score (nSPS) is 4.67. The molecule has 0 amide bonds. The van der Waals surface area contributed by atoms with Gasteiger partial charge in [0.05, 0.1) is 6.07 Å². The number of hydrogen-bond donors (Lipinski definition) is 0. The van der Waals surface area contributed by atoms with Crippen LogP contribution in [0.3, 0.4) is 0 Å². The van der Waals surface area contributed by atoms with Crippen molar-refractivity contribution < 1.29 is 0 Å². The van der Waals surface area contributed by atoms with E-state index in [2.05, 4.69) is 6.58 Å². The molecule has 0 aromatic carbocycles. The molecule has 0 fully saturated rings. The van der Waals surface area contributed by atoms with Gasteiger partial charge in [0.2, 0.25) is 0 Å². The van der Waals surface area contributed by atoms with E-state index in [1.54, 1.807) is 6.92 Å². The van der Waals surface area contributed by atoms with Crippen LogP contribution in [0, 0.1) is 11.3 Å². The fourth-order valence-corrected chi connectivity index (χ4v) is 0. The molecule has 0 aromatic heterocycles. The van der Waals surface area contributed by atoms with Crippen molar-refractivity contribution in [3.8, 4) is 6.07 Å². The second-order valence-electron chi connectivity index (χ2n) is 0.892. The van der Waals surface area contributed by atoms with Crippen LogP contribution in [-0.2, 0) is 0 Å². The minimum atomic E-state index is 0. The summed E-state index contributed by atoms with van der Waals surface area (Å²) in [6.07, 6.45) is 0. The van der Waals surface area contributed by atoms with Crippen LogP contribution >= 0.6 is 0 Å². The SMILES string of the molecule is C=C(C)C#N.[PbH2]. The van der Waals surface area contributed by atoms with E-state index in [0.717, 1.165) is 0 Å². The summed E-state index contributed by atoms with van der Waals surface area (Å²) in [5.41, 5.74) is 0.560. The first-order chi connectivity index (χ1) is 2.27. The Morgan fingerprint density at radius 1 is 1.83 bits per heavy atom. The van der Waals surface area contributed by atoms with E-state index in [9.17, 15) is 0 Å². The molecule has 0 aliphatic rings. The van der Waals surface area contributed by atoms with Crippen LogP contribution in [0.2, 0.25) is 0 Å². The maximum atomic E-state index is 7.79. The van der Waals surface area contributed by atoms with Crippen molar-refractivity contribution in [2.24, 2.45) is 0 Å². The molecule has 0 spiro atoms. The summed E-state index contributed by atoms with van der Waals surface area (Å²) in [6, 6.07) is 1.83. The van der Waals surface area contributed by atoms with Crippen LogP contribution in [0.15, 0.2) is 12.2 Å². The monoisotopic (exact) mass is 277 g/mol. The third-order valence-electron chi connectivity index (χ3n) is 0.191. The minimum absolute atomic E-state index is 0. The standard InChI is InChI=1S/C4H5N.Pb.2H/c1-4(2)3-5;;;/h1H2,2H3;;;. The molecule has 0 heterocycles. The Morgan fingerprint density at radius 2 is 2.00 bits per heavy atom. The fourth-order valence-electron chi connectivity index (χ4n) is 0. The molecule has 0 N–H and O–H groups in total. The molecule has 32 valence electrons. The summed E-state index contributed by atoms with van der Waals surface area (Å²) in [4.78, 5) is 0. The number of allylic oxidation sites excluding steroid dienone is 1. The first-order valence-electron chi connectivity index (χ1n) is 1.33. The predicted molar refractivity (Wildman–Crippen MR) is 29.0 cm³/mol. The molecule has 0 saturated heterocycles. The van der Waals surface area contributed by atoms with Gasteiger partial charge in [0.25, 0.3) is 0 Å². The molecule has 0 unspecified atom stereocenters. The zero-order chi connectivity index (χ0) is 4.28. The van der Waals surface area contributed by atoms with Crippen LogP contribution < -0.4 is 0 Å². The van der Waals surface area contributed by atoms with Gasteiger partial charge in [0.1, 0.15) is 0 Å². The van der Waals surface area contributed by atoms with Crippen LogP contribution in [-0.4, -0.2) is 27.3 Å². The Morgan fingerprint density at radius 3 is 2.00 bits per heavy atom. The molecule has 0 bridgehead atoms. The van der Waals surface area contributed by atoms with E-state index < -0.39 is 0 Å². The zero-order valence-corrected chi connectivity index (χ0v) is 9.36. The van der Waals surface area contributed by atoms with Gasteiger partial charge in [-0.05, 0) is 6.92 Å². The van der Waals surface area contributed by atoms with E-state index in [1.807, 2.05) is 6.07 Å². The van der Waals surface area contributed by atoms with Crippen LogP contribution in [0.25, 0.3) is 0 Å². The van der Waals surface area contributed by atoms with Gasteiger partial charge >= 0.3 is 27.3 Å². The van der Waals surface area contributed by atoms with Crippen molar-refractivity contribution in [2.75, 3.05) is 0 Å². The summed E-state index contributed by atoms with van der Waals surface area (Å²) in [5.74, 6) is 0. The molecule has 0 saturated carbocycles. The van der Waals surface area contributed by atoms with Crippen molar-refractivity contribution in [3.63, 3.8) is 0 Å². The first kappa shape index (κ1) is 9.47. The average Bonchev–Trinajstić information content (AvgIpc) is 1.38. The van der Waals surface area contributed by atoms with Gasteiger partial charge < -0.3 is 0 Å². The van der Waals surface area contributed by atoms with E-state index >= 15 is 0 Å². The predicted octanol–water partition coefficient (Wildman–Crippen LogP) is 0.170. The molecule has 0 atom stereocenters. The van der Waals surface area contributed by atoms with Crippen molar-refractivity contribution in [3.05, 3.63) is 12.2 Å². The van der Waals surface area contributed by atoms with Crippen molar-refractivity contribution in [2.45, 2.75) is 6.92 Å². The molecule has 2 radical (unpaired) electrons. The third-order valence-corrected chi connectivity index (χ3v) is 0.191. The number of hydrogen-bond acceptors (Lipinski definition) is 1. The number of nitriles is 1. The van der Waals surface area contributed by atoms with E-state index in [4.69, 9.17) is 5.26 Å². The second-order valence-corrected chi connectivity index (χ2v) is 0.892. The van der Waals surface area contributed by atoms with Crippen LogP contribution in [0.5, 0.6) is 0 Å². The molecule has 6 heavy (non-hydrogen) atoms. The molecule has 0 aromatic rings. The molecule has 0 rings (SSSR count). The summed E-state index contributed by atoms with van der Waals surface area (Å²) in [5, 5.41) is 7.79. The average molecular weight is 276 g/mol. The molecule has 2 heteroatoms. The van der Waals surface area contributed by atoms with Gasteiger partial charge in [-0.25, -0.2) is 0 Å². The number of rotatable bonds is 0. The van der Waals surface area contributed by atoms with E-state index in [1.165, 1.54) is 0 Å². The Bertz CT molecular complexity index is 80.0. The van der Waals surface area contributed by atoms with Gasteiger partial charge in [-0.15, -0.1) is 0 Å². The molecule has 1 nitrogen and oxygen atoms in total. The summed E-state index contributed by atoms with van der Waals surface area (Å²) < 4.78 is 0. The van der Waals surface area contributed by atoms with Gasteiger partial charge in [-0.2, -0.15) is 5.26 Å². The van der Waals surface area contributed by atoms with Crippen LogP contribution in [0.1, 0.15) is 6.92 Å². The summed E-state index contributed by atoms with van der Waals surface area (Å²) >= 11 is 0. The Kier molecular flexibility index (Phi) is 8.13. The Labute approximate surface area is 57.8 Å². The topological polar surface area (TPSA) is 23.8 Å². The van der Waals surface area contributed by atoms with E-state index in [0.29, 0.717) is 5.57 Å². The number of nitrogens with zero attached hydrogens (tertiary/aromatic N) is 1. The molecule has 0 aliphatic heterocycles. The van der Waals surface area contributed by atoms with Crippen molar-refractivity contribution in [1.29, 1.82) is 5.26 Å². The molecular formula is C4H7NPb. The van der Waals surface area contributed by atoms with Gasteiger partial charge in [-0.3, -0.25) is 0 Å². The van der Waals surface area contributed by atoms with Gasteiger partial charge in [0.15, 0.2) is 0 Å². The third kappa shape index (κ3) is 8.91. The van der Waals surface area contributed by atoms with Gasteiger partial charge in [0, 0.05) is 5.57 Å². The zero-order valence-electron chi connectivity index (χ0n) is 3.86. The Hall–Kier alpha value is 0.152. The molecule has 0 aliphatic carbocycles. The quantitative estimate of drug-likeness (QED) is 0.457. The molecular weight excluding hydrogens is 269 g/mol. The summed E-state index contributed by atoms with van der Waals surface area (Å²) in [6.45, 7) is 4.98. The second kappa shape index (κ2) is 5.15. The Balaban J connectivity index is 0. The maximum absolute atomic E-state index is 7.79.